The molecule has 0 amide bonds. The lowest BCUT2D eigenvalue weighted by atomic mass is 10.1. The minimum Gasteiger partial charge on any atom is -0.394 e. The summed E-state index contributed by atoms with van der Waals surface area (Å²) in [5.74, 6) is 17.6. The molecule has 40 heteroatoms. The lowest BCUT2D eigenvalue weighted by Gasteiger charge is -2.24. The maximum atomic E-state index is 12.3. The number of Topliss-reactive ketones (excluding diaryl/α,β-unsaturated/α-hetero) is 1. The van der Waals surface area contributed by atoms with E-state index in [1.807, 2.05) is 14.0 Å². The van der Waals surface area contributed by atoms with Crippen LogP contribution >= 0.6 is 48.0 Å². The van der Waals surface area contributed by atoms with Crippen LogP contribution in [0.1, 0.15) is 82.6 Å². The van der Waals surface area contributed by atoms with Crippen LogP contribution in [-0.2, 0) is 37.7 Å². The van der Waals surface area contributed by atoms with E-state index in [1.165, 1.54) is 43.2 Å². The van der Waals surface area contributed by atoms with E-state index in [4.69, 9.17) is 55.3 Å². The van der Waals surface area contributed by atoms with Crippen molar-refractivity contribution in [3.05, 3.63) is 128 Å². The summed E-state index contributed by atoms with van der Waals surface area (Å²) in [5, 5.41) is 92.3. The summed E-state index contributed by atoms with van der Waals surface area (Å²) in [6, 6.07) is 0. The molecule has 5 aliphatic heterocycles. The van der Waals surface area contributed by atoms with Crippen molar-refractivity contribution in [2.24, 2.45) is 5.73 Å². The zero-order chi connectivity index (χ0) is 72.8. The Morgan fingerprint density at radius 2 is 0.959 bits per heavy atom. The topological polar surface area (TPSA) is 533 Å². The number of aliphatic hydroxyl groups excluding tert-OH is 9. The molecule has 5 aliphatic rings. The molecule has 9 rings (SSSR count). The number of carbonyl (C=O) groups excluding carboxylic acids is 1. The van der Waals surface area contributed by atoms with E-state index in [0.29, 0.717) is 19.5 Å². The van der Waals surface area contributed by atoms with Crippen LogP contribution in [0, 0.1) is 51.4 Å². The van der Waals surface area contributed by atoms with Crippen molar-refractivity contribution in [3.8, 4) is 47.9 Å². The fraction of sp³-hybridized carbons (Fsp3) is 0.561. The van der Waals surface area contributed by atoms with Gasteiger partial charge in [0.15, 0.2) is 30.7 Å². The number of fused-ring (bicyclic) bond motifs is 1. The second kappa shape index (κ2) is 39.6. The van der Waals surface area contributed by atoms with E-state index in [0.717, 1.165) is 13.7 Å². The molecule has 0 aliphatic carbocycles. The minimum absolute atomic E-state index is 0.00322. The van der Waals surface area contributed by atoms with Crippen LogP contribution in [0.25, 0.3) is 0 Å². The van der Waals surface area contributed by atoms with Gasteiger partial charge in [-0.3, -0.25) is 57.4 Å². The largest absolute Gasteiger partial charge is 0.394 e. The first-order valence-electron chi connectivity index (χ1n) is 29.0. The highest BCUT2D eigenvalue weighted by atomic mass is 127. The maximum absolute atomic E-state index is 12.3. The molecule has 18 unspecified atom stereocenters. The standard InChI is InChI=1S/C16H21N3O6.C13H16N2O6.C12H18N3O6P3.C9H11IN2O6.C4H7N.C3H6O/c1-16(2)24-11-10(8-20)23-14(12(11)25-16)19-7-9(5-4-6-17-3)13(21)18-15(19)22;1-2-3-4-7-5-15(13(20)14-11(7)19)12-10(18)9(17)8(6-16)21-12;13-3-1-2-6-4-15(12(19)14-10(6)18)11-9(17)8(16)7(21-11)5-20-24(22)23;10-3-1-12(9(17)11-7(3)16)8-6(15)5(14)4(2-13)18-8;1-3-4-5-2;1-3(2)4/h7,10-12,14,17,20H,6,8H2,1-3H3,(H,18,21,22);5,8-10,12,16-18H,2,6H2,1H3,(H,14,19,20);4,7-9,11,16-17H,3,5,13,22-23H2,(H,14,18,19);1,4-6,8,13-15H,2H2,(H,11,16,17);1,5H,4H2,2H3;1-2H3. The second-order valence-corrected chi connectivity index (χ2v) is 28.4. The van der Waals surface area contributed by atoms with Crippen molar-refractivity contribution >= 4 is 53.8 Å². The number of aromatic amines is 4. The van der Waals surface area contributed by atoms with E-state index < -0.39 is 170 Å². The highest BCUT2D eigenvalue weighted by Crippen LogP contribution is 2.54. The number of nitrogens with zero attached hydrogens (tertiary/aromatic N) is 4. The number of ketones is 1. The molecule has 97 heavy (non-hydrogen) atoms. The van der Waals surface area contributed by atoms with Crippen LogP contribution in [0.15, 0.2) is 63.1 Å². The third-order valence-corrected chi connectivity index (χ3v) is 15.6. The Morgan fingerprint density at radius 3 is 1.33 bits per heavy atom. The number of nitrogens with one attached hydrogen (secondary N) is 6. The van der Waals surface area contributed by atoms with Crippen LogP contribution in [0.3, 0.4) is 0 Å². The number of H-pyrrole nitrogens is 4. The van der Waals surface area contributed by atoms with Gasteiger partial charge < -0.3 is 100 Å². The molecule has 0 spiro atoms. The summed E-state index contributed by atoms with van der Waals surface area (Å²) < 4.78 is 43.1. The first-order valence-corrected chi connectivity index (χ1v) is 34.6. The number of aliphatic hydroxyl groups is 9. The third-order valence-electron chi connectivity index (χ3n) is 13.5. The van der Waals surface area contributed by atoms with Gasteiger partial charge >= 0.3 is 22.8 Å². The van der Waals surface area contributed by atoms with E-state index in [1.54, 1.807) is 43.5 Å². The number of aromatic nitrogens is 8. The quantitative estimate of drug-likeness (QED) is 0.0356. The first-order chi connectivity index (χ1) is 45.8. The number of halogens is 1. The van der Waals surface area contributed by atoms with Crippen molar-refractivity contribution < 1.29 is 83.7 Å². The second-order valence-electron chi connectivity index (χ2n) is 21.4. The molecule has 9 heterocycles. The molecule has 0 saturated carbocycles. The fourth-order valence-electron chi connectivity index (χ4n) is 9.11. The smallest absolute Gasteiger partial charge is 0.330 e. The molecule has 0 radical (unpaired) electrons. The summed E-state index contributed by atoms with van der Waals surface area (Å²) >= 11 is 1.73. The highest BCUT2D eigenvalue weighted by molar-refractivity contribution is 14.1. The Balaban J connectivity index is 0.000000265. The van der Waals surface area contributed by atoms with Crippen molar-refractivity contribution in [2.45, 2.75) is 145 Å². The van der Waals surface area contributed by atoms with Gasteiger partial charge in [-0.05, 0) is 64.4 Å². The molecule has 17 N–H and O–H groups in total. The van der Waals surface area contributed by atoms with Gasteiger partial charge in [-0.1, -0.05) is 66.2 Å². The molecule has 4 aromatic rings. The van der Waals surface area contributed by atoms with E-state index in [-0.39, 0.29) is 45.8 Å². The van der Waals surface area contributed by atoms with Crippen molar-refractivity contribution in [2.75, 3.05) is 60.2 Å². The molecular weight excluding hydrogens is 1460 g/mol. The Kier molecular flexibility index (Phi) is 34.0. The summed E-state index contributed by atoms with van der Waals surface area (Å²) in [5.41, 5.74) is 0.0815. The van der Waals surface area contributed by atoms with Gasteiger partial charge in [-0.25, -0.2) is 19.2 Å². The van der Waals surface area contributed by atoms with Crippen LogP contribution in [0.5, 0.6) is 0 Å². The third kappa shape index (κ3) is 23.0. The molecule has 5 fully saturated rings. The molecule has 534 valence electrons. The Hall–Kier alpha value is -6.11. The number of hydrogen-bond donors (Lipinski definition) is 16. The number of carbonyl (C=O) groups is 1. The zero-order valence-corrected chi connectivity index (χ0v) is 58.5. The van der Waals surface area contributed by atoms with Crippen LogP contribution in [0.4, 0.5) is 0 Å². The summed E-state index contributed by atoms with van der Waals surface area (Å²) in [6.45, 7) is 8.27. The predicted molar refractivity (Wildman–Crippen MR) is 360 cm³/mol. The summed E-state index contributed by atoms with van der Waals surface area (Å²) in [7, 11) is 7.64. The summed E-state index contributed by atoms with van der Waals surface area (Å²) in [6.07, 6.45) is -6.59. The number of terminal acetylenes is 1. The van der Waals surface area contributed by atoms with Gasteiger partial charge in [0.1, 0.15) is 95.7 Å². The monoisotopic (exact) mass is 1540 g/mol. The van der Waals surface area contributed by atoms with Crippen LogP contribution < -0.4 is 61.4 Å². The molecule has 36 nitrogen and oxygen atoms in total. The van der Waals surface area contributed by atoms with Gasteiger partial charge in [0, 0.05) is 31.2 Å². The van der Waals surface area contributed by atoms with E-state index in [2.05, 4.69) is 89.9 Å². The maximum Gasteiger partial charge on any atom is 0.330 e. The molecule has 5 saturated heterocycles. The van der Waals surface area contributed by atoms with Gasteiger partial charge in [0.2, 0.25) is 0 Å². The average molecular weight is 1540 g/mol. The van der Waals surface area contributed by atoms with Crippen molar-refractivity contribution in [1.29, 1.82) is 0 Å². The number of hydrogen-bond acceptors (Lipinski definition) is 28. The highest BCUT2D eigenvalue weighted by Gasteiger charge is 2.56. The minimum atomic E-state index is -1.40. The summed E-state index contributed by atoms with van der Waals surface area (Å²) in [4.78, 5) is 112. The lowest BCUT2D eigenvalue weighted by molar-refractivity contribution is -0.200. The van der Waals surface area contributed by atoms with Crippen LogP contribution in [-0.4, -0.2) is 229 Å². The molecular formula is C57H79IN11O25P3. The normalized spacial score (nSPS) is 26.8. The first kappa shape index (κ1) is 83.3. The molecule has 0 bridgehead atoms. The van der Waals surface area contributed by atoms with Gasteiger partial charge in [0.25, 0.3) is 22.2 Å². The fourth-order valence-corrected chi connectivity index (χ4v) is 10.4. The zero-order valence-electron chi connectivity index (χ0n) is 53.2. The number of ether oxygens (including phenoxy) is 6. The van der Waals surface area contributed by atoms with E-state index in [9.17, 15) is 78.9 Å². The molecule has 0 aromatic carbocycles. The predicted octanol–water partition coefficient (Wildman–Crippen LogP) is -6.93. The Morgan fingerprint density at radius 1 is 0.598 bits per heavy atom. The van der Waals surface area contributed by atoms with Crippen molar-refractivity contribution in [1.82, 2.24) is 48.8 Å². The van der Waals surface area contributed by atoms with Gasteiger partial charge in [0.05, 0.1) is 57.2 Å². The number of nitrogens with two attached hydrogens (primary N) is 1. The Bertz CT molecular complexity index is 4040. The SMILES string of the molecule is C#CCNC.CC(C)=O.CCC#Cc1cn(C2OC(CO)C(O)C2O)c(=O)[nH]c1=O.CNCC#Cc1cn(C2OC(CO)C3OC(C)(C)OC32)c(=O)[nH]c1=O.NCC#Cc1cn(C2OC(COP(P)P)C(O)C2O)c(=O)[nH]c1=O.O=c1[nH]c(=O)n(C2OC(CO)C(O)C2O)cc1I. The van der Waals surface area contributed by atoms with E-state index >= 15 is 0 Å². The van der Waals surface area contributed by atoms with Gasteiger partial charge in [-0.2, -0.15) is 0 Å². The molecule has 4 aromatic heterocycles. The van der Waals surface area contributed by atoms with Gasteiger partial charge in [-0.15, -0.1) is 6.42 Å². The molecule has 18 atom stereocenters. The van der Waals surface area contributed by atoms with Crippen LogP contribution in [0.2, 0.25) is 0 Å². The lowest BCUT2D eigenvalue weighted by Crippen LogP contribution is -2.38. The van der Waals surface area contributed by atoms with Crippen molar-refractivity contribution in [3.63, 3.8) is 0 Å². The number of rotatable bonds is 12. The average Bonchev–Trinajstić information content (AvgIpc) is 1.62. The Labute approximate surface area is 570 Å².